The normalized spacial score (nSPS) is 22.4. The maximum Gasteiger partial charge on any atom is 0.220 e. The number of carbonyl (C=O) groups is 1. The van der Waals surface area contributed by atoms with Crippen LogP contribution in [-0.2, 0) is 14.6 Å². The molecule has 1 aromatic rings. The Bertz CT molecular complexity index is 596. The minimum Gasteiger partial charge on any atom is -0.399 e. The summed E-state index contributed by atoms with van der Waals surface area (Å²) in [5, 5.41) is 2.84. The van der Waals surface area contributed by atoms with Crippen LogP contribution in [0, 0.1) is 0 Å². The average Bonchev–Trinajstić information content (AvgIpc) is 2.37. The lowest BCUT2D eigenvalue weighted by molar-refractivity contribution is -0.122. The first-order valence-electron chi connectivity index (χ1n) is 7.21. The van der Waals surface area contributed by atoms with E-state index in [-0.39, 0.29) is 29.4 Å². The number of nitrogens with two attached hydrogens (primary N) is 1. The van der Waals surface area contributed by atoms with E-state index in [2.05, 4.69) is 5.32 Å². The van der Waals surface area contributed by atoms with Crippen molar-refractivity contribution in [3.63, 3.8) is 0 Å². The topological polar surface area (TPSA) is 89.3 Å². The highest BCUT2D eigenvalue weighted by Gasteiger charge is 2.26. The Kier molecular flexibility index (Phi) is 4.88. The lowest BCUT2D eigenvalue weighted by Crippen LogP contribution is -2.43. The molecule has 5 nitrogen and oxygen atoms in total. The molecule has 116 valence electrons. The first-order valence-corrected chi connectivity index (χ1v) is 9.03. The molecular formula is C15H22N2O3S. The third-order valence-corrected chi connectivity index (χ3v) is 5.65. The van der Waals surface area contributed by atoms with Gasteiger partial charge in [-0.25, -0.2) is 8.42 Å². The number of nitrogen functional groups attached to an aromatic ring is 1. The number of sulfone groups is 1. The largest absolute Gasteiger partial charge is 0.399 e. The zero-order valence-electron chi connectivity index (χ0n) is 12.2. The highest BCUT2D eigenvalue weighted by molar-refractivity contribution is 7.91. The number of carbonyl (C=O) groups excluding carboxylic acids is 1. The van der Waals surface area contributed by atoms with Gasteiger partial charge in [0, 0.05) is 18.2 Å². The zero-order chi connectivity index (χ0) is 15.5. The van der Waals surface area contributed by atoms with E-state index < -0.39 is 9.84 Å². The van der Waals surface area contributed by atoms with E-state index in [0.717, 1.165) is 12.0 Å². The number of benzene rings is 1. The molecule has 0 radical (unpaired) electrons. The molecule has 0 spiro atoms. The number of nitrogens with one attached hydrogen (secondary N) is 1. The number of hydrogen-bond acceptors (Lipinski definition) is 4. The van der Waals surface area contributed by atoms with Gasteiger partial charge in [0.25, 0.3) is 0 Å². The Labute approximate surface area is 125 Å². The summed E-state index contributed by atoms with van der Waals surface area (Å²) in [5.74, 6) is 0.281. The van der Waals surface area contributed by atoms with E-state index in [4.69, 9.17) is 5.73 Å². The molecule has 1 aromatic carbocycles. The van der Waals surface area contributed by atoms with Crippen molar-refractivity contribution in [2.45, 2.75) is 38.1 Å². The molecule has 0 saturated carbocycles. The monoisotopic (exact) mass is 310 g/mol. The fourth-order valence-electron chi connectivity index (χ4n) is 2.64. The lowest BCUT2D eigenvalue weighted by atomic mass is 9.97. The van der Waals surface area contributed by atoms with E-state index in [1.807, 2.05) is 31.2 Å². The molecule has 1 heterocycles. The second kappa shape index (κ2) is 6.47. The molecule has 0 aliphatic carbocycles. The standard InChI is InChI=1S/C15H22N2O3S/c1-11(12-4-6-13(16)7-5-12)9-15(18)17-14-3-2-8-21(19,20)10-14/h4-7,11,14H,2-3,8-10,16H2,1H3,(H,17,18). The summed E-state index contributed by atoms with van der Waals surface area (Å²) in [7, 11) is -2.99. The van der Waals surface area contributed by atoms with Crippen LogP contribution in [0.15, 0.2) is 24.3 Å². The Balaban J connectivity index is 1.88. The van der Waals surface area contributed by atoms with E-state index in [1.165, 1.54) is 0 Å². The maximum atomic E-state index is 12.0. The molecule has 2 unspecified atom stereocenters. The van der Waals surface area contributed by atoms with Crippen molar-refractivity contribution in [1.82, 2.24) is 5.32 Å². The first-order chi connectivity index (χ1) is 9.85. The van der Waals surface area contributed by atoms with Gasteiger partial charge in [0.15, 0.2) is 9.84 Å². The molecular weight excluding hydrogens is 288 g/mol. The number of hydrogen-bond donors (Lipinski definition) is 2. The molecule has 1 aliphatic rings. The number of anilines is 1. The van der Waals surface area contributed by atoms with Crippen molar-refractivity contribution in [3.05, 3.63) is 29.8 Å². The van der Waals surface area contributed by atoms with Gasteiger partial charge in [0.05, 0.1) is 11.5 Å². The van der Waals surface area contributed by atoms with Crippen LogP contribution in [-0.4, -0.2) is 31.9 Å². The van der Waals surface area contributed by atoms with Crippen LogP contribution in [0.3, 0.4) is 0 Å². The predicted octanol–water partition coefficient (Wildman–Crippen LogP) is 1.46. The second-order valence-electron chi connectivity index (χ2n) is 5.79. The van der Waals surface area contributed by atoms with Gasteiger partial charge in [-0.3, -0.25) is 4.79 Å². The molecule has 3 N–H and O–H groups in total. The molecule has 1 saturated heterocycles. The molecule has 0 aromatic heterocycles. The summed E-state index contributed by atoms with van der Waals surface area (Å²) in [5.41, 5.74) is 7.39. The Hall–Kier alpha value is -1.56. The Morgan fingerprint density at radius 1 is 1.38 bits per heavy atom. The highest BCUT2D eigenvalue weighted by Crippen LogP contribution is 2.20. The molecule has 0 bridgehead atoms. The molecule has 1 aliphatic heterocycles. The van der Waals surface area contributed by atoms with Crippen LogP contribution in [0.1, 0.15) is 37.7 Å². The van der Waals surface area contributed by atoms with Crippen LogP contribution < -0.4 is 11.1 Å². The molecule has 2 rings (SSSR count). The predicted molar refractivity (Wildman–Crippen MR) is 83.7 cm³/mol. The minimum absolute atomic E-state index is 0.0645. The Morgan fingerprint density at radius 3 is 2.67 bits per heavy atom. The summed E-state index contributed by atoms with van der Waals surface area (Å²) in [6.45, 7) is 1.97. The summed E-state index contributed by atoms with van der Waals surface area (Å²) in [6, 6.07) is 7.22. The fourth-order valence-corrected chi connectivity index (χ4v) is 4.28. The molecule has 6 heteroatoms. The van der Waals surface area contributed by atoms with Gasteiger partial charge in [-0.2, -0.15) is 0 Å². The quantitative estimate of drug-likeness (QED) is 0.824. The molecule has 21 heavy (non-hydrogen) atoms. The minimum atomic E-state index is -2.99. The highest BCUT2D eigenvalue weighted by atomic mass is 32.2. The van der Waals surface area contributed by atoms with Crippen LogP contribution in [0.2, 0.25) is 0 Å². The van der Waals surface area contributed by atoms with Crippen molar-refractivity contribution in [2.75, 3.05) is 17.2 Å². The number of amides is 1. The fraction of sp³-hybridized carbons (Fsp3) is 0.533. The van der Waals surface area contributed by atoms with Crippen LogP contribution >= 0.6 is 0 Å². The summed E-state index contributed by atoms with van der Waals surface area (Å²) in [6.07, 6.45) is 1.71. The van der Waals surface area contributed by atoms with Crippen molar-refractivity contribution in [3.8, 4) is 0 Å². The third-order valence-electron chi connectivity index (χ3n) is 3.83. The zero-order valence-corrected chi connectivity index (χ0v) is 13.0. The van der Waals surface area contributed by atoms with E-state index in [1.54, 1.807) is 0 Å². The maximum absolute atomic E-state index is 12.0. The van der Waals surface area contributed by atoms with Crippen molar-refractivity contribution < 1.29 is 13.2 Å². The van der Waals surface area contributed by atoms with E-state index in [9.17, 15) is 13.2 Å². The third kappa shape index (κ3) is 4.74. The van der Waals surface area contributed by atoms with Crippen LogP contribution in [0.4, 0.5) is 5.69 Å². The molecule has 1 fully saturated rings. The van der Waals surface area contributed by atoms with Gasteiger partial charge in [0.1, 0.15) is 0 Å². The Morgan fingerprint density at radius 2 is 2.05 bits per heavy atom. The van der Waals surface area contributed by atoms with Gasteiger partial charge in [-0.05, 0) is 36.5 Å². The molecule has 2 atom stereocenters. The summed E-state index contributed by atoms with van der Waals surface area (Å²) >= 11 is 0. The van der Waals surface area contributed by atoms with Gasteiger partial charge < -0.3 is 11.1 Å². The second-order valence-corrected chi connectivity index (χ2v) is 8.02. The van der Waals surface area contributed by atoms with Crippen LogP contribution in [0.25, 0.3) is 0 Å². The van der Waals surface area contributed by atoms with Gasteiger partial charge in [-0.15, -0.1) is 0 Å². The summed E-state index contributed by atoms with van der Waals surface area (Å²) in [4.78, 5) is 12.0. The SMILES string of the molecule is CC(CC(=O)NC1CCCS(=O)(=O)C1)c1ccc(N)cc1. The smallest absolute Gasteiger partial charge is 0.220 e. The van der Waals surface area contributed by atoms with Gasteiger partial charge in [-0.1, -0.05) is 19.1 Å². The summed E-state index contributed by atoms with van der Waals surface area (Å²) < 4.78 is 23.1. The van der Waals surface area contributed by atoms with Gasteiger partial charge in [0.2, 0.25) is 5.91 Å². The molecule has 1 amide bonds. The van der Waals surface area contributed by atoms with Crippen molar-refractivity contribution in [2.24, 2.45) is 0 Å². The lowest BCUT2D eigenvalue weighted by Gasteiger charge is -2.23. The van der Waals surface area contributed by atoms with Crippen molar-refractivity contribution >= 4 is 21.4 Å². The first kappa shape index (κ1) is 15.8. The van der Waals surface area contributed by atoms with Crippen LogP contribution in [0.5, 0.6) is 0 Å². The van der Waals surface area contributed by atoms with E-state index >= 15 is 0 Å². The van der Waals surface area contributed by atoms with Gasteiger partial charge >= 0.3 is 0 Å². The number of rotatable bonds is 4. The average molecular weight is 310 g/mol. The van der Waals surface area contributed by atoms with E-state index in [0.29, 0.717) is 18.5 Å². The van der Waals surface area contributed by atoms with Crippen molar-refractivity contribution in [1.29, 1.82) is 0 Å².